The van der Waals surface area contributed by atoms with E-state index in [1.54, 1.807) is 18.2 Å². The highest BCUT2D eigenvalue weighted by Crippen LogP contribution is 2.40. The van der Waals surface area contributed by atoms with Crippen molar-refractivity contribution in [3.05, 3.63) is 85.9 Å². The first kappa shape index (κ1) is 22.9. The van der Waals surface area contributed by atoms with Crippen LogP contribution in [-0.4, -0.2) is 32.7 Å². The second kappa shape index (κ2) is 8.96. The van der Waals surface area contributed by atoms with Gasteiger partial charge in [-0.05, 0) is 36.1 Å². The van der Waals surface area contributed by atoms with Crippen molar-refractivity contribution in [2.24, 2.45) is 17.8 Å². The molecule has 1 fully saturated rings. The molecule has 1 saturated heterocycles. The predicted molar refractivity (Wildman–Crippen MR) is 121 cm³/mol. The van der Waals surface area contributed by atoms with E-state index in [4.69, 9.17) is 23.2 Å². The smallest absolute Gasteiger partial charge is 0.272 e. The van der Waals surface area contributed by atoms with Crippen LogP contribution in [0.1, 0.15) is 29.3 Å². The molecule has 33 heavy (non-hydrogen) atoms. The Morgan fingerprint density at radius 1 is 1.15 bits per heavy atom. The minimum Gasteiger partial charge on any atom is -0.272 e. The Morgan fingerprint density at radius 2 is 1.91 bits per heavy atom. The number of rotatable bonds is 5. The molecule has 10 heteroatoms. The van der Waals surface area contributed by atoms with Gasteiger partial charge in [-0.15, -0.1) is 0 Å². The average Bonchev–Trinajstić information content (AvgIpc) is 3.05. The number of non-ortho nitro benzene ring substituents is 1. The largest absolute Gasteiger partial charge is 0.273 e. The Kier molecular flexibility index (Phi) is 6.23. The SMILES string of the molecule is C[C@@H]1C=CC[C@@H]2C(=O)N(N(Cc3ccc(Cl)c(Cl)c3)C(=O)c3cccc([N+](=O)[O-])c3)C(=O)[C@@H]12. The lowest BCUT2D eigenvalue weighted by Crippen LogP contribution is -2.50. The van der Waals surface area contributed by atoms with Gasteiger partial charge in [-0.25, -0.2) is 5.01 Å². The van der Waals surface area contributed by atoms with Gasteiger partial charge in [0.1, 0.15) is 0 Å². The lowest BCUT2D eigenvalue weighted by Gasteiger charge is -2.31. The van der Waals surface area contributed by atoms with E-state index < -0.39 is 34.5 Å². The van der Waals surface area contributed by atoms with Crippen LogP contribution in [0, 0.1) is 27.9 Å². The number of allylic oxidation sites excluding steroid dienone is 2. The van der Waals surface area contributed by atoms with E-state index in [1.165, 1.54) is 18.2 Å². The zero-order valence-electron chi connectivity index (χ0n) is 17.5. The fourth-order valence-corrected chi connectivity index (χ4v) is 4.64. The number of halogens is 2. The highest BCUT2D eigenvalue weighted by Gasteiger charge is 2.53. The van der Waals surface area contributed by atoms with Crippen molar-refractivity contribution in [2.75, 3.05) is 0 Å². The molecule has 0 saturated carbocycles. The third-order valence-electron chi connectivity index (χ3n) is 5.95. The van der Waals surface area contributed by atoms with E-state index in [1.807, 2.05) is 19.1 Å². The number of carbonyl (C=O) groups excluding carboxylic acids is 3. The van der Waals surface area contributed by atoms with Crippen molar-refractivity contribution in [3.8, 4) is 0 Å². The molecule has 8 nitrogen and oxygen atoms in total. The van der Waals surface area contributed by atoms with Crippen LogP contribution in [0.5, 0.6) is 0 Å². The first-order valence-corrected chi connectivity index (χ1v) is 11.0. The Bertz CT molecular complexity index is 1200. The highest BCUT2D eigenvalue weighted by atomic mass is 35.5. The Balaban J connectivity index is 1.76. The Hall–Kier alpha value is -3.23. The predicted octanol–water partition coefficient (Wildman–Crippen LogP) is 4.66. The van der Waals surface area contributed by atoms with E-state index >= 15 is 0 Å². The van der Waals surface area contributed by atoms with Gasteiger partial charge in [0.05, 0.1) is 33.3 Å². The van der Waals surface area contributed by atoms with Crippen LogP contribution in [0.2, 0.25) is 10.0 Å². The summed E-state index contributed by atoms with van der Waals surface area (Å²) >= 11 is 12.1. The number of fused-ring (bicyclic) bond motifs is 1. The molecule has 0 unspecified atom stereocenters. The van der Waals surface area contributed by atoms with E-state index in [0.717, 1.165) is 16.1 Å². The molecule has 0 spiro atoms. The molecule has 3 atom stereocenters. The summed E-state index contributed by atoms with van der Waals surface area (Å²) in [5.41, 5.74) is 0.233. The van der Waals surface area contributed by atoms with Crippen molar-refractivity contribution in [2.45, 2.75) is 19.9 Å². The van der Waals surface area contributed by atoms with Crippen molar-refractivity contribution < 1.29 is 19.3 Å². The quantitative estimate of drug-likeness (QED) is 0.264. The number of benzene rings is 2. The van der Waals surface area contributed by atoms with Gasteiger partial charge in [0.25, 0.3) is 23.4 Å². The van der Waals surface area contributed by atoms with Gasteiger partial charge in [0.15, 0.2) is 0 Å². The molecule has 2 aromatic rings. The summed E-state index contributed by atoms with van der Waals surface area (Å²) in [5.74, 6) is -2.96. The fourth-order valence-electron chi connectivity index (χ4n) is 4.31. The van der Waals surface area contributed by atoms with Gasteiger partial charge in [-0.2, -0.15) is 5.01 Å². The molecule has 0 aromatic heterocycles. The molecule has 1 heterocycles. The minimum absolute atomic E-state index is 0.0223. The molecule has 2 aromatic carbocycles. The van der Waals surface area contributed by atoms with Gasteiger partial charge < -0.3 is 0 Å². The zero-order chi connectivity index (χ0) is 23.9. The summed E-state index contributed by atoms with van der Waals surface area (Å²) in [4.78, 5) is 50.7. The van der Waals surface area contributed by atoms with Crippen molar-refractivity contribution >= 4 is 46.6 Å². The molecule has 0 N–H and O–H groups in total. The average molecular weight is 488 g/mol. The number of hydrazine groups is 1. The number of nitro benzene ring substituents is 1. The summed E-state index contributed by atoms with van der Waals surface area (Å²) in [5, 5.41) is 13.7. The van der Waals surface area contributed by atoms with Gasteiger partial charge in [0, 0.05) is 17.7 Å². The molecule has 1 aliphatic carbocycles. The molecule has 170 valence electrons. The maximum atomic E-state index is 13.5. The van der Waals surface area contributed by atoms with Gasteiger partial charge in [0.2, 0.25) is 0 Å². The lowest BCUT2D eigenvalue weighted by molar-refractivity contribution is -0.384. The molecule has 4 rings (SSSR count). The van der Waals surface area contributed by atoms with Crippen LogP contribution in [0.4, 0.5) is 5.69 Å². The third kappa shape index (κ3) is 4.24. The fraction of sp³-hybridized carbons (Fsp3) is 0.261. The number of nitro groups is 1. The first-order valence-electron chi connectivity index (χ1n) is 10.2. The summed E-state index contributed by atoms with van der Waals surface area (Å²) < 4.78 is 0. The minimum atomic E-state index is -0.717. The second-order valence-corrected chi connectivity index (χ2v) is 8.88. The normalized spacial score (nSPS) is 21.8. The van der Waals surface area contributed by atoms with Crippen LogP contribution in [-0.2, 0) is 16.1 Å². The molecule has 3 amide bonds. The summed E-state index contributed by atoms with van der Waals surface area (Å²) in [6.07, 6.45) is 4.16. The van der Waals surface area contributed by atoms with Crippen LogP contribution in [0.3, 0.4) is 0 Å². The second-order valence-electron chi connectivity index (χ2n) is 8.06. The monoisotopic (exact) mass is 487 g/mol. The summed E-state index contributed by atoms with van der Waals surface area (Å²) in [6, 6.07) is 9.88. The molecule has 0 bridgehead atoms. The number of hydrogen-bond acceptors (Lipinski definition) is 5. The van der Waals surface area contributed by atoms with Gasteiger partial charge in [-0.1, -0.05) is 54.4 Å². The van der Waals surface area contributed by atoms with Crippen molar-refractivity contribution in [1.29, 1.82) is 0 Å². The molecular formula is C23H19Cl2N3O5. The molecule has 2 aliphatic rings. The maximum absolute atomic E-state index is 13.5. The highest BCUT2D eigenvalue weighted by molar-refractivity contribution is 6.42. The summed E-state index contributed by atoms with van der Waals surface area (Å²) in [6.45, 7) is 1.70. The van der Waals surface area contributed by atoms with Crippen LogP contribution >= 0.6 is 23.2 Å². The number of amides is 3. The topological polar surface area (TPSA) is 101 Å². The van der Waals surface area contributed by atoms with E-state index in [9.17, 15) is 24.5 Å². The molecule has 1 aliphatic heterocycles. The number of carbonyl (C=O) groups is 3. The van der Waals surface area contributed by atoms with E-state index in [2.05, 4.69) is 0 Å². The Labute approximate surface area is 199 Å². The van der Waals surface area contributed by atoms with E-state index in [-0.39, 0.29) is 28.7 Å². The lowest BCUT2D eigenvalue weighted by atomic mass is 9.78. The number of imide groups is 1. The van der Waals surface area contributed by atoms with Crippen molar-refractivity contribution in [3.63, 3.8) is 0 Å². The first-order chi connectivity index (χ1) is 15.7. The standard InChI is InChI=1S/C23H19Cl2N3O5/c1-13-4-2-7-17-20(13)23(31)27(22(17)30)26(12-14-8-9-18(24)19(25)10-14)21(29)15-5-3-6-16(11-15)28(32)33/h2-6,8-11,13,17,20H,7,12H2,1H3/t13-,17+,20+/m1/s1. The van der Waals surface area contributed by atoms with Crippen LogP contribution < -0.4 is 0 Å². The van der Waals surface area contributed by atoms with E-state index in [0.29, 0.717) is 17.0 Å². The zero-order valence-corrected chi connectivity index (χ0v) is 19.0. The van der Waals surface area contributed by atoms with Crippen LogP contribution in [0.15, 0.2) is 54.6 Å². The van der Waals surface area contributed by atoms with Gasteiger partial charge in [-0.3, -0.25) is 24.5 Å². The van der Waals surface area contributed by atoms with Crippen molar-refractivity contribution in [1.82, 2.24) is 10.0 Å². The molecular weight excluding hydrogens is 469 g/mol. The maximum Gasteiger partial charge on any atom is 0.273 e. The number of nitrogens with zero attached hydrogens (tertiary/aromatic N) is 3. The van der Waals surface area contributed by atoms with Gasteiger partial charge >= 0.3 is 0 Å². The Morgan fingerprint density at radius 3 is 2.58 bits per heavy atom. The van der Waals surface area contributed by atoms with Crippen LogP contribution in [0.25, 0.3) is 0 Å². The number of hydrogen-bond donors (Lipinski definition) is 0. The molecule has 0 radical (unpaired) electrons. The summed E-state index contributed by atoms with van der Waals surface area (Å²) in [7, 11) is 0. The third-order valence-corrected chi connectivity index (χ3v) is 6.68.